The average molecular weight is 596 g/mol. The maximum atomic E-state index is 11.7. The zero-order valence-electron chi connectivity index (χ0n) is 25.3. The maximum Gasteiger partial charge on any atom is 0.336 e. The lowest BCUT2D eigenvalue weighted by Gasteiger charge is -2.60. The van der Waals surface area contributed by atoms with Crippen molar-refractivity contribution in [1.29, 1.82) is 0 Å². The Kier molecular flexibility index (Phi) is 7.58. The van der Waals surface area contributed by atoms with Crippen LogP contribution in [-0.2, 0) is 37.0 Å². The third-order valence-electron chi connectivity index (χ3n) is 10.0. The first-order chi connectivity index (χ1) is 20.7. The third-order valence-corrected chi connectivity index (χ3v) is 10.0. The molecule has 0 unspecified atom stereocenters. The molecular weight excluding hydrogens is 554 g/mol. The van der Waals surface area contributed by atoms with Crippen LogP contribution in [0.5, 0.6) is 5.75 Å². The molecule has 2 bridgehead atoms. The highest BCUT2D eigenvalue weighted by atomic mass is 17.3. The Balaban J connectivity index is 0.903. The minimum absolute atomic E-state index is 0.138. The second kappa shape index (κ2) is 11.3. The molecule has 4 aliphatic heterocycles. The fourth-order valence-electron chi connectivity index (χ4n) is 7.72. The van der Waals surface area contributed by atoms with Crippen molar-refractivity contribution in [1.82, 2.24) is 15.0 Å². The molecule has 0 N–H and O–H groups in total. The SMILES string of the molecule is Cc1cc(=O)oc2cc(OCCCn3cc(CCO[C@H]4O[C@@H]5O[C@@]6(C)CC[C@H]7[C@H](C)CC[C@@H]([C@H]4C)[C@@]57OO6)nn3)ccc12. The summed E-state index contributed by atoms with van der Waals surface area (Å²) in [7, 11) is 0. The predicted molar refractivity (Wildman–Crippen MR) is 154 cm³/mol. The Morgan fingerprint density at radius 3 is 2.86 bits per heavy atom. The number of hydrogen-bond acceptors (Lipinski definition) is 10. The summed E-state index contributed by atoms with van der Waals surface area (Å²) >= 11 is 0. The number of hydrogen-bond donors (Lipinski definition) is 0. The Hall–Kier alpha value is -2.83. The summed E-state index contributed by atoms with van der Waals surface area (Å²) in [4.78, 5) is 23.8. The van der Waals surface area contributed by atoms with Gasteiger partial charge in [0, 0.05) is 61.4 Å². The van der Waals surface area contributed by atoms with Gasteiger partial charge in [-0.1, -0.05) is 19.1 Å². The number of ether oxygens (including phenoxy) is 4. The van der Waals surface area contributed by atoms with E-state index in [1.165, 1.54) is 6.07 Å². The van der Waals surface area contributed by atoms with E-state index >= 15 is 0 Å². The minimum atomic E-state index is -0.793. The molecule has 43 heavy (non-hydrogen) atoms. The zero-order valence-corrected chi connectivity index (χ0v) is 25.3. The summed E-state index contributed by atoms with van der Waals surface area (Å²) in [6.45, 7) is 9.98. The van der Waals surface area contributed by atoms with Crippen molar-refractivity contribution >= 4 is 11.0 Å². The molecule has 0 radical (unpaired) electrons. The summed E-state index contributed by atoms with van der Waals surface area (Å²) in [6.07, 6.45) is 6.43. The summed E-state index contributed by atoms with van der Waals surface area (Å²) in [5.74, 6) is 1.11. The van der Waals surface area contributed by atoms with Crippen molar-refractivity contribution in [3.63, 3.8) is 0 Å². The summed E-state index contributed by atoms with van der Waals surface area (Å²) < 4.78 is 32.3. The molecule has 1 aliphatic carbocycles. The largest absolute Gasteiger partial charge is 0.493 e. The fourth-order valence-corrected chi connectivity index (χ4v) is 7.72. The molecule has 8 atom stereocenters. The maximum absolute atomic E-state index is 11.7. The smallest absolute Gasteiger partial charge is 0.336 e. The van der Waals surface area contributed by atoms with E-state index in [2.05, 4.69) is 24.2 Å². The zero-order chi connectivity index (χ0) is 29.8. The molecule has 5 aliphatic rings. The highest BCUT2D eigenvalue weighted by molar-refractivity contribution is 5.81. The molecule has 5 fully saturated rings. The van der Waals surface area contributed by atoms with Gasteiger partial charge >= 0.3 is 5.63 Å². The first kappa shape index (κ1) is 28.9. The van der Waals surface area contributed by atoms with Gasteiger partial charge in [0.05, 0.1) is 18.9 Å². The molecule has 11 heteroatoms. The molecule has 1 aromatic carbocycles. The van der Waals surface area contributed by atoms with Crippen LogP contribution in [0.25, 0.3) is 11.0 Å². The van der Waals surface area contributed by atoms with Crippen molar-refractivity contribution in [2.75, 3.05) is 13.2 Å². The molecule has 2 aromatic heterocycles. The number of aryl methyl sites for hydroxylation is 2. The van der Waals surface area contributed by atoms with Gasteiger partial charge in [-0.3, -0.25) is 4.68 Å². The molecule has 11 nitrogen and oxygen atoms in total. The Morgan fingerprint density at radius 1 is 1.09 bits per heavy atom. The van der Waals surface area contributed by atoms with Crippen molar-refractivity contribution in [3.05, 3.63) is 52.1 Å². The quantitative estimate of drug-likeness (QED) is 0.192. The van der Waals surface area contributed by atoms with E-state index in [1.54, 1.807) is 6.07 Å². The van der Waals surface area contributed by atoms with Gasteiger partial charge < -0.3 is 23.4 Å². The van der Waals surface area contributed by atoms with E-state index in [0.717, 1.165) is 48.7 Å². The van der Waals surface area contributed by atoms with Gasteiger partial charge in [0.2, 0.25) is 5.79 Å². The van der Waals surface area contributed by atoms with Crippen LogP contribution in [0.15, 0.2) is 39.7 Å². The Labute approximate surface area is 250 Å². The van der Waals surface area contributed by atoms with Crippen LogP contribution in [0, 0.1) is 30.6 Å². The van der Waals surface area contributed by atoms with E-state index in [0.29, 0.717) is 49.3 Å². The van der Waals surface area contributed by atoms with Crippen LogP contribution >= 0.6 is 0 Å². The number of benzene rings is 1. The normalized spacial score (nSPS) is 35.1. The van der Waals surface area contributed by atoms with Gasteiger partial charge in [0.1, 0.15) is 11.3 Å². The minimum Gasteiger partial charge on any atom is -0.493 e. The lowest BCUT2D eigenvalue weighted by Crippen LogP contribution is -2.70. The molecule has 1 spiro atoms. The van der Waals surface area contributed by atoms with Crippen molar-refractivity contribution < 1.29 is 33.1 Å². The average Bonchev–Trinajstić information content (AvgIpc) is 3.30. The van der Waals surface area contributed by atoms with E-state index in [4.69, 9.17) is 33.1 Å². The molecule has 8 rings (SSSR count). The second-order valence-electron chi connectivity index (χ2n) is 13.0. The lowest BCUT2D eigenvalue weighted by atomic mass is 9.58. The first-order valence-electron chi connectivity index (χ1n) is 15.6. The van der Waals surface area contributed by atoms with Crippen molar-refractivity contribution in [3.8, 4) is 5.75 Å². The summed E-state index contributed by atoms with van der Waals surface area (Å²) in [5.41, 5.74) is 1.33. The van der Waals surface area contributed by atoms with Gasteiger partial charge in [0.15, 0.2) is 18.2 Å². The van der Waals surface area contributed by atoms with Gasteiger partial charge in [-0.2, -0.15) is 0 Å². The number of nitrogens with zero attached hydrogens (tertiary/aromatic N) is 3. The monoisotopic (exact) mass is 595 g/mol. The van der Waals surface area contributed by atoms with Gasteiger partial charge in [0.25, 0.3) is 0 Å². The van der Waals surface area contributed by atoms with E-state index in [-0.39, 0.29) is 23.8 Å². The summed E-state index contributed by atoms with van der Waals surface area (Å²) in [5, 5.41) is 9.50. The summed E-state index contributed by atoms with van der Waals surface area (Å²) in [6, 6.07) is 7.05. The van der Waals surface area contributed by atoms with Crippen LogP contribution in [0.2, 0.25) is 0 Å². The molecule has 4 saturated heterocycles. The second-order valence-corrected chi connectivity index (χ2v) is 13.0. The molecule has 232 valence electrons. The number of aromatic nitrogens is 3. The van der Waals surface area contributed by atoms with Crippen LogP contribution in [0.1, 0.15) is 64.1 Å². The highest BCUT2D eigenvalue weighted by Gasteiger charge is 2.69. The fraction of sp³-hybridized carbons (Fsp3) is 0.656. The first-order valence-corrected chi connectivity index (χ1v) is 15.6. The molecular formula is C32H41N3O8. The van der Waals surface area contributed by atoms with E-state index in [1.807, 2.05) is 36.9 Å². The molecule has 3 aromatic rings. The van der Waals surface area contributed by atoms with Crippen LogP contribution < -0.4 is 10.4 Å². The predicted octanol–water partition coefficient (Wildman–Crippen LogP) is 4.93. The standard InChI is InChI=1S/C32H41N3O8/c1-19-6-9-26-21(3)29(40-30-32(26)25(19)10-12-31(4,41-30)42-43-32)38-15-11-22-18-35(34-33-22)13-5-14-37-23-7-8-24-20(2)16-28(36)39-27(24)17-23/h7-8,16-19,21,25-26,29-30H,5-6,9-15H2,1-4H3/t19-,21-,25+,26+,29+,30-,31-,32-/m1/s1. The molecule has 1 saturated carbocycles. The van der Waals surface area contributed by atoms with Crippen LogP contribution in [0.3, 0.4) is 0 Å². The van der Waals surface area contributed by atoms with Gasteiger partial charge in [-0.05, 0) is 62.6 Å². The van der Waals surface area contributed by atoms with Gasteiger partial charge in [-0.25, -0.2) is 14.6 Å². The van der Waals surface area contributed by atoms with Crippen LogP contribution in [-0.4, -0.2) is 52.2 Å². The van der Waals surface area contributed by atoms with Crippen molar-refractivity contribution in [2.24, 2.45) is 23.7 Å². The van der Waals surface area contributed by atoms with E-state index in [9.17, 15) is 4.79 Å². The number of fused-ring (bicyclic) bond motifs is 3. The lowest BCUT2D eigenvalue weighted by molar-refractivity contribution is -0.577. The van der Waals surface area contributed by atoms with E-state index < -0.39 is 17.7 Å². The van der Waals surface area contributed by atoms with Crippen molar-refractivity contribution in [2.45, 2.75) is 96.7 Å². The Morgan fingerprint density at radius 2 is 1.98 bits per heavy atom. The highest BCUT2D eigenvalue weighted by Crippen LogP contribution is 2.60. The molecule has 6 heterocycles. The number of rotatable bonds is 9. The Bertz CT molecular complexity index is 1520. The van der Waals surface area contributed by atoms with Gasteiger partial charge in [-0.15, -0.1) is 5.10 Å². The topological polar surface area (TPSA) is 116 Å². The molecule has 0 amide bonds. The third kappa shape index (κ3) is 5.29. The van der Waals surface area contributed by atoms with Crippen LogP contribution in [0.4, 0.5) is 0 Å².